The van der Waals surface area contributed by atoms with Crippen LogP contribution < -0.4 is 20.3 Å². The molecule has 4 fully saturated rings. The van der Waals surface area contributed by atoms with E-state index in [2.05, 4.69) is 66.3 Å². The summed E-state index contributed by atoms with van der Waals surface area (Å²) in [6.45, 7) is 13.5. The van der Waals surface area contributed by atoms with Crippen molar-refractivity contribution in [1.29, 1.82) is 5.26 Å². The van der Waals surface area contributed by atoms with Crippen LogP contribution in [-0.4, -0.2) is 90.2 Å². The fourth-order valence-electron chi connectivity index (χ4n) is 11.7. The number of rotatable bonds is 8. The molecule has 13 heteroatoms. The number of hydrogen-bond acceptors (Lipinski definition) is 9. The summed E-state index contributed by atoms with van der Waals surface area (Å²) in [7, 11) is 0. The number of imide groups is 2. The first kappa shape index (κ1) is 41.1. The fourth-order valence-corrected chi connectivity index (χ4v) is 12.0. The number of amides is 5. The monoisotopic (exact) mass is 844 g/mol. The zero-order valence-electron chi connectivity index (χ0n) is 35.3. The third kappa shape index (κ3) is 7.27. The second-order valence-corrected chi connectivity index (χ2v) is 20.0. The molecule has 6 aliphatic rings. The van der Waals surface area contributed by atoms with Gasteiger partial charge in [0.2, 0.25) is 11.8 Å². The second-order valence-electron chi connectivity index (χ2n) is 19.5. The Balaban J connectivity index is 0.733. The Morgan fingerprint density at radius 3 is 2.07 bits per heavy atom. The number of carbonyl (C=O) groups is 5. The van der Waals surface area contributed by atoms with E-state index in [4.69, 9.17) is 16.3 Å². The molecular weight excluding hydrogens is 792 g/mol. The van der Waals surface area contributed by atoms with Gasteiger partial charge in [-0.1, -0.05) is 39.3 Å². The van der Waals surface area contributed by atoms with Crippen molar-refractivity contribution in [2.24, 2.45) is 22.2 Å². The molecule has 3 aromatic rings. The number of nitriles is 1. The van der Waals surface area contributed by atoms with Crippen LogP contribution in [0.25, 0.3) is 0 Å². The maximum atomic E-state index is 13.5. The van der Waals surface area contributed by atoms with Crippen LogP contribution in [0.5, 0.6) is 5.75 Å². The van der Waals surface area contributed by atoms with Gasteiger partial charge in [0.05, 0.1) is 21.7 Å². The van der Waals surface area contributed by atoms with E-state index in [9.17, 15) is 29.2 Å². The molecule has 2 aliphatic carbocycles. The van der Waals surface area contributed by atoms with Gasteiger partial charge in [0.15, 0.2) is 0 Å². The molecule has 3 saturated heterocycles. The molecule has 9 rings (SSSR count). The minimum absolute atomic E-state index is 0.103. The van der Waals surface area contributed by atoms with E-state index in [1.54, 1.807) is 18.2 Å². The first-order chi connectivity index (χ1) is 29.1. The highest BCUT2D eigenvalue weighted by Crippen LogP contribution is 2.56. The number of benzene rings is 3. The first-order valence-electron chi connectivity index (χ1n) is 21.7. The van der Waals surface area contributed by atoms with Crippen molar-refractivity contribution in [2.45, 2.75) is 97.2 Å². The predicted molar refractivity (Wildman–Crippen MR) is 229 cm³/mol. The zero-order valence-corrected chi connectivity index (χ0v) is 36.1. The lowest BCUT2D eigenvalue weighted by Crippen LogP contribution is -2.74. The zero-order chi connectivity index (χ0) is 43.0. The largest absolute Gasteiger partial charge is 0.489 e. The molecule has 12 nitrogen and oxygen atoms in total. The molecule has 1 spiro atoms. The van der Waals surface area contributed by atoms with Crippen molar-refractivity contribution in [3.05, 3.63) is 93.0 Å². The maximum Gasteiger partial charge on any atom is 0.262 e. The van der Waals surface area contributed by atoms with E-state index in [0.29, 0.717) is 38.9 Å². The summed E-state index contributed by atoms with van der Waals surface area (Å²) < 4.78 is 6.39. The number of hydrogen-bond donors (Lipinski definition) is 2. The Kier molecular flexibility index (Phi) is 10.3. The number of ether oxygens (including phenoxy) is 1. The number of fused-ring (bicyclic) bond motifs is 2. The van der Waals surface area contributed by atoms with Gasteiger partial charge in [0.25, 0.3) is 17.7 Å². The standard InChI is InChI=1S/C48H53ClN6O6/c1-46(2)44(47(3,4)45(46)61-34-10-7-30(26-50)37(49)23-34)52-40(57)29-5-8-33(9-6-29)54-17-13-28(14-18-54)27-53-19-15-48(16-20-53)24-31-21-35-36(22-32(31)25-48)43(60)55(42(35)59)38-11-12-39(56)51-41(38)58/h5-10,21-23,28,38,44-45H,11-20,24-25,27H2,1-4H3,(H,52,57)(H,51,56,58). The van der Waals surface area contributed by atoms with Crippen LogP contribution in [-0.2, 0) is 22.4 Å². The van der Waals surface area contributed by atoms with Crippen LogP contribution in [0.1, 0.15) is 114 Å². The first-order valence-corrected chi connectivity index (χ1v) is 22.1. The lowest BCUT2D eigenvalue weighted by atomic mass is 9.49. The van der Waals surface area contributed by atoms with Gasteiger partial charge in [0, 0.05) is 60.2 Å². The molecule has 0 radical (unpaired) electrons. The topological polar surface area (TPSA) is 152 Å². The average Bonchev–Trinajstić information content (AvgIpc) is 3.70. The Morgan fingerprint density at radius 1 is 0.869 bits per heavy atom. The van der Waals surface area contributed by atoms with Crippen LogP contribution in [0.4, 0.5) is 5.69 Å². The van der Waals surface area contributed by atoms with Crippen LogP contribution in [0, 0.1) is 33.5 Å². The van der Waals surface area contributed by atoms with Crippen molar-refractivity contribution in [2.75, 3.05) is 37.6 Å². The number of anilines is 1. The van der Waals surface area contributed by atoms with Gasteiger partial charge in [-0.2, -0.15) is 5.26 Å². The SMILES string of the molecule is CC1(C)C(NC(=O)c2ccc(N3CCC(CN4CCC5(CC4)Cc4cc6c(cc4C5)C(=O)N(C4CCC(=O)NC4=O)C6=O)CC3)cc2)C(C)(C)C1Oc1ccc(C#N)c(Cl)c1. The van der Waals surface area contributed by atoms with Crippen molar-refractivity contribution >= 4 is 46.8 Å². The highest BCUT2D eigenvalue weighted by Gasteiger charge is 2.64. The van der Waals surface area contributed by atoms with Gasteiger partial charge in [-0.25, -0.2) is 0 Å². The van der Waals surface area contributed by atoms with Gasteiger partial charge in [-0.15, -0.1) is 0 Å². The smallest absolute Gasteiger partial charge is 0.262 e. The van der Waals surface area contributed by atoms with Crippen molar-refractivity contribution < 1.29 is 28.7 Å². The number of piperidine rings is 3. The highest BCUT2D eigenvalue weighted by molar-refractivity contribution is 6.31. The molecule has 3 aromatic carbocycles. The van der Waals surface area contributed by atoms with E-state index in [-0.39, 0.29) is 53.0 Å². The van der Waals surface area contributed by atoms with Crippen LogP contribution in [0.2, 0.25) is 5.02 Å². The van der Waals surface area contributed by atoms with Gasteiger partial charge in [-0.3, -0.25) is 34.2 Å². The summed E-state index contributed by atoms with van der Waals surface area (Å²) in [5.41, 5.74) is 4.64. The molecule has 1 saturated carbocycles. The third-order valence-corrected chi connectivity index (χ3v) is 15.2. The second kappa shape index (κ2) is 15.3. The van der Waals surface area contributed by atoms with Crippen molar-refractivity contribution in [1.82, 2.24) is 20.4 Å². The van der Waals surface area contributed by atoms with Crippen LogP contribution in [0.15, 0.2) is 54.6 Å². The van der Waals surface area contributed by atoms with E-state index >= 15 is 0 Å². The van der Waals surface area contributed by atoms with E-state index in [1.807, 2.05) is 24.3 Å². The normalized spacial score (nSPS) is 25.4. The van der Waals surface area contributed by atoms with Crippen LogP contribution >= 0.6 is 11.6 Å². The number of likely N-dealkylation sites (tertiary alicyclic amines) is 1. The maximum absolute atomic E-state index is 13.5. The van der Waals surface area contributed by atoms with E-state index in [0.717, 1.165) is 93.0 Å². The summed E-state index contributed by atoms with van der Waals surface area (Å²) in [5.74, 6) is -0.717. The molecule has 5 amide bonds. The Bertz CT molecular complexity index is 2310. The quantitative estimate of drug-likeness (QED) is 0.248. The number of nitrogens with zero attached hydrogens (tertiary/aromatic N) is 4. The summed E-state index contributed by atoms with van der Waals surface area (Å²) in [4.78, 5) is 70.7. The summed E-state index contributed by atoms with van der Waals surface area (Å²) in [5, 5.41) is 15.2. The minimum Gasteiger partial charge on any atom is -0.489 e. The summed E-state index contributed by atoms with van der Waals surface area (Å²) >= 11 is 6.26. The Hall–Kier alpha value is -5.25. The summed E-state index contributed by atoms with van der Waals surface area (Å²) in [6.07, 6.45) is 6.26. The number of carbonyl (C=O) groups excluding carboxylic acids is 5. The summed E-state index contributed by atoms with van der Waals surface area (Å²) in [6, 6.07) is 17.9. The van der Waals surface area contributed by atoms with Gasteiger partial charge < -0.3 is 19.9 Å². The van der Waals surface area contributed by atoms with E-state index < -0.39 is 23.8 Å². The molecule has 2 N–H and O–H groups in total. The fraction of sp³-hybridized carbons (Fsp3) is 0.500. The molecule has 4 heterocycles. The minimum atomic E-state index is -0.949. The van der Waals surface area contributed by atoms with Gasteiger partial charge in [-0.05, 0) is 129 Å². The van der Waals surface area contributed by atoms with Gasteiger partial charge >= 0.3 is 0 Å². The molecule has 0 bridgehead atoms. The van der Waals surface area contributed by atoms with Crippen molar-refractivity contribution in [3.63, 3.8) is 0 Å². The molecule has 4 aliphatic heterocycles. The Labute approximate surface area is 361 Å². The lowest BCUT2D eigenvalue weighted by Gasteiger charge is -2.63. The molecular formula is C48H53ClN6O6. The molecule has 1 atom stereocenters. The average molecular weight is 845 g/mol. The molecule has 318 valence electrons. The Morgan fingerprint density at radius 2 is 1.49 bits per heavy atom. The van der Waals surface area contributed by atoms with Gasteiger partial charge in [0.1, 0.15) is 24.0 Å². The lowest BCUT2D eigenvalue weighted by molar-refractivity contribution is -0.164. The van der Waals surface area contributed by atoms with E-state index in [1.165, 1.54) is 0 Å². The number of halogens is 1. The third-order valence-electron chi connectivity index (χ3n) is 14.9. The number of nitrogens with one attached hydrogen (secondary N) is 2. The highest BCUT2D eigenvalue weighted by atomic mass is 35.5. The molecule has 61 heavy (non-hydrogen) atoms. The van der Waals surface area contributed by atoms with Crippen molar-refractivity contribution in [3.8, 4) is 11.8 Å². The molecule has 0 aromatic heterocycles. The predicted octanol–water partition coefficient (Wildman–Crippen LogP) is 6.32. The van der Waals surface area contributed by atoms with Crippen LogP contribution in [0.3, 0.4) is 0 Å². The molecule has 1 unspecified atom stereocenters.